The van der Waals surface area contributed by atoms with Crippen LogP contribution in [0.3, 0.4) is 0 Å². The number of hydrogen-bond acceptors (Lipinski definition) is 5. The molecular weight excluding hydrogens is 378 g/mol. The van der Waals surface area contributed by atoms with Crippen LogP contribution in [-0.4, -0.2) is 28.7 Å². The van der Waals surface area contributed by atoms with E-state index in [1.165, 1.54) is 0 Å². The molecule has 4 aromatic rings. The molecule has 0 amide bonds. The summed E-state index contributed by atoms with van der Waals surface area (Å²) in [5, 5.41) is 5.89. The standard InChI is InChI=1S/C24H23N3O3/c1-24(2,3)30-26-20-15-23(21-14-18-8-5-11-27(18)16-25-21)29-22-10-9-17(13-19(20)22)7-6-12-28-4/h5,8-11,13-16H,12H2,1-4H3. The van der Waals surface area contributed by atoms with Crippen molar-refractivity contribution in [2.75, 3.05) is 13.7 Å². The number of methoxy groups -OCH3 is 1. The van der Waals surface area contributed by atoms with E-state index in [-0.39, 0.29) is 0 Å². The topological polar surface area (TPSA) is 61.3 Å². The molecule has 0 radical (unpaired) electrons. The van der Waals surface area contributed by atoms with E-state index in [1.54, 1.807) is 13.4 Å². The van der Waals surface area contributed by atoms with Crippen molar-refractivity contribution in [3.63, 3.8) is 0 Å². The molecule has 0 unspecified atom stereocenters. The second kappa shape index (κ2) is 8.05. The summed E-state index contributed by atoms with van der Waals surface area (Å²) in [6.07, 6.45) is 3.72. The van der Waals surface area contributed by atoms with Crippen molar-refractivity contribution >= 4 is 16.5 Å². The lowest BCUT2D eigenvalue weighted by Crippen LogP contribution is -2.18. The molecule has 0 aliphatic rings. The van der Waals surface area contributed by atoms with Gasteiger partial charge in [0.1, 0.15) is 28.8 Å². The van der Waals surface area contributed by atoms with E-state index in [0.29, 0.717) is 23.3 Å². The summed E-state index contributed by atoms with van der Waals surface area (Å²) in [4.78, 5) is 10.2. The molecule has 6 heteroatoms. The summed E-state index contributed by atoms with van der Waals surface area (Å²) in [5.41, 5.74) is 2.86. The van der Waals surface area contributed by atoms with Gasteiger partial charge in [-0.05, 0) is 57.2 Å². The van der Waals surface area contributed by atoms with Crippen LogP contribution in [0.1, 0.15) is 26.3 Å². The zero-order valence-electron chi connectivity index (χ0n) is 17.5. The van der Waals surface area contributed by atoms with Crippen molar-refractivity contribution in [2.45, 2.75) is 26.4 Å². The molecule has 0 aliphatic heterocycles. The van der Waals surface area contributed by atoms with Gasteiger partial charge in [-0.15, -0.1) is 0 Å². The lowest BCUT2D eigenvalue weighted by atomic mass is 10.1. The lowest BCUT2D eigenvalue weighted by Gasteiger charge is -2.15. The molecular formula is C24H23N3O3. The maximum absolute atomic E-state index is 6.17. The first-order chi connectivity index (χ1) is 14.4. The second-order valence-corrected chi connectivity index (χ2v) is 7.85. The fraction of sp³-hybridized carbons (Fsp3) is 0.250. The summed E-state index contributed by atoms with van der Waals surface area (Å²) < 4.78 is 13.1. The molecule has 4 rings (SSSR count). The highest BCUT2D eigenvalue weighted by Crippen LogP contribution is 2.23. The van der Waals surface area contributed by atoms with Crippen molar-refractivity contribution in [2.24, 2.45) is 5.16 Å². The van der Waals surface area contributed by atoms with Gasteiger partial charge in [0.15, 0.2) is 5.76 Å². The Bertz CT molecular complexity index is 1330. The Morgan fingerprint density at radius 1 is 1.17 bits per heavy atom. The largest absolute Gasteiger partial charge is 0.454 e. The van der Waals surface area contributed by atoms with Gasteiger partial charge in [-0.25, -0.2) is 4.98 Å². The number of fused-ring (bicyclic) bond motifs is 2. The third kappa shape index (κ3) is 4.37. The van der Waals surface area contributed by atoms with Crippen molar-refractivity contribution in [3.8, 4) is 23.3 Å². The third-order valence-electron chi connectivity index (χ3n) is 4.28. The van der Waals surface area contributed by atoms with Crippen molar-refractivity contribution in [1.29, 1.82) is 0 Å². The van der Waals surface area contributed by atoms with E-state index in [9.17, 15) is 0 Å². The molecule has 0 spiro atoms. The predicted octanol–water partition coefficient (Wildman–Crippen LogP) is 4.38. The van der Waals surface area contributed by atoms with Gasteiger partial charge in [-0.3, -0.25) is 0 Å². The molecule has 3 aromatic heterocycles. The molecule has 0 N–H and O–H groups in total. The van der Waals surface area contributed by atoms with Gasteiger partial charge >= 0.3 is 0 Å². The van der Waals surface area contributed by atoms with Crippen LogP contribution in [-0.2, 0) is 9.57 Å². The summed E-state index contributed by atoms with van der Waals surface area (Å²) in [5.74, 6) is 6.66. The van der Waals surface area contributed by atoms with E-state index in [2.05, 4.69) is 22.0 Å². The van der Waals surface area contributed by atoms with Crippen LogP contribution in [0, 0.1) is 11.8 Å². The quantitative estimate of drug-likeness (QED) is 0.378. The minimum absolute atomic E-state index is 0.375. The third-order valence-corrected chi connectivity index (χ3v) is 4.28. The highest BCUT2D eigenvalue weighted by Gasteiger charge is 2.12. The Balaban J connectivity index is 1.88. The molecule has 152 valence electrons. The van der Waals surface area contributed by atoms with Crippen molar-refractivity contribution in [1.82, 2.24) is 9.38 Å². The van der Waals surface area contributed by atoms with Crippen molar-refractivity contribution in [3.05, 3.63) is 65.9 Å². The summed E-state index contributed by atoms with van der Waals surface area (Å²) in [6.45, 7) is 6.24. The van der Waals surface area contributed by atoms with Gasteiger partial charge in [0, 0.05) is 35.8 Å². The number of benzene rings is 1. The normalized spacial score (nSPS) is 12.2. The molecule has 0 bridgehead atoms. The molecule has 0 saturated carbocycles. The molecule has 0 fully saturated rings. The molecule has 0 aliphatic carbocycles. The van der Waals surface area contributed by atoms with Gasteiger partial charge in [-0.2, -0.15) is 0 Å². The Morgan fingerprint density at radius 2 is 2.03 bits per heavy atom. The second-order valence-electron chi connectivity index (χ2n) is 7.85. The van der Waals surface area contributed by atoms with Gasteiger partial charge in [0.2, 0.25) is 0 Å². The molecule has 1 aromatic carbocycles. The Kier molecular flexibility index (Phi) is 5.30. The zero-order chi connectivity index (χ0) is 21.1. The van der Waals surface area contributed by atoms with Gasteiger partial charge < -0.3 is 18.4 Å². The van der Waals surface area contributed by atoms with E-state index in [4.69, 9.17) is 14.0 Å². The highest BCUT2D eigenvalue weighted by molar-refractivity contribution is 5.80. The van der Waals surface area contributed by atoms with E-state index in [1.807, 2.05) is 73.8 Å². The number of rotatable bonds is 3. The number of ether oxygens (including phenoxy) is 1. The van der Waals surface area contributed by atoms with Crippen LogP contribution in [0.25, 0.3) is 27.9 Å². The van der Waals surface area contributed by atoms with E-state index in [0.717, 1.165) is 22.2 Å². The van der Waals surface area contributed by atoms with Gasteiger partial charge in [0.25, 0.3) is 0 Å². The van der Waals surface area contributed by atoms with Crippen molar-refractivity contribution < 1.29 is 14.0 Å². The average Bonchev–Trinajstić information content (AvgIpc) is 3.19. The smallest absolute Gasteiger partial charge is 0.155 e. The van der Waals surface area contributed by atoms with Crippen LogP contribution in [0.5, 0.6) is 0 Å². The Labute approximate surface area is 174 Å². The summed E-state index contributed by atoms with van der Waals surface area (Å²) in [7, 11) is 1.62. The Hall–Kier alpha value is -3.56. The zero-order valence-corrected chi connectivity index (χ0v) is 17.5. The number of nitrogens with zero attached hydrogens (tertiary/aromatic N) is 3. The minimum Gasteiger partial charge on any atom is -0.454 e. The average molecular weight is 401 g/mol. The summed E-state index contributed by atoms with van der Waals surface area (Å²) in [6, 6.07) is 13.6. The van der Waals surface area contributed by atoms with Gasteiger partial charge in [0.05, 0.1) is 6.33 Å². The monoisotopic (exact) mass is 401 g/mol. The van der Waals surface area contributed by atoms with Crippen LogP contribution >= 0.6 is 0 Å². The highest BCUT2D eigenvalue weighted by atomic mass is 16.6. The van der Waals surface area contributed by atoms with Gasteiger partial charge in [-0.1, -0.05) is 17.0 Å². The predicted molar refractivity (Wildman–Crippen MR) is 116 cm³/mol. The first kappa shape index (κ1) is 19.7. The first-order valence-corrected chi connectivity index (χ1v) is 9.64. The fourth-order valence-corrected chi connectivity index (χ4v) is 2.92. The molecule has 6 nitrogen and oxygen atoms in total. The van der Waals surface area contributed by atoms with E-state index < -0.39 is 5.60 Å². The molecule has 3 heterocycles. The van der Waals surface area contributed by atoms with Crippen LogP contribution < -0.4 is 5.36 Å². The maximum atomic E-state index is 6.17. The fourth-order valence-electron chi connectivity index (χ4n) is 2.92. The Morgan fingerprint density at radius 3 is 2.83 bits per heavy atom. The van der Waals surface area contributed by atoms with Crippen LogP contribution in [0.4, 0.5) is 0 Å². The van der Waals surface area contributed by atoms with Crippen LogP contribution in [0.15, 0.2) is 64.6 Å². The number of hydrogen-bond donors (Lipinski definition) is 0. The first-order valence-electron chi connectivity index (χ1n) is 9.64. The maximum Gasteiger partial charge on any atom is 0.155 e. The van der Waals surface area contributed by atoms with Crippen LogP contribution in [0.2, 0.25) is 0 Å². The SMILES string of the molecule is COCC#Cc1ccc2oc(-c3cc4cccn4cn3)cc(=NOC(C)(C)C)c2c1. The lowest BCUT2D eigenvalue weighted by molar-refractivity contribution is -0.00585. The molecule has 0 saturated heterocycles. The minimum atomic E-state index is -0.418. The summed E-state index contributed by atoms with van der Waals surface area (Å²) >= 11 is 0. The van der Waals surface area contributed by atoms with E-state index >= 15 is 0 Å². The number of aromatic nitrogens is 2. The molecule has 30 heavy (non-hydrogen) atoms. The molecule has 0 atom stereocenters.